The Hall–Kier alpha value is -2.53. The van der Waals surface area contributed by atoms with Gasteiger partial charge in [0.1, 0.15) is 0 Å². The molecule has 0 bridgehead atoms. The molecule has 3 rings (SSSR count). The first kappa shape index (κ1) is 20.2. The van der Waals surface area contributed by atoms with Crippen LogP contribution in [0.3, 0.4) is 0 Å². The van der Waals surface area contributed by atoms with E-state index in [2.05, 4.69) is 5.32 Å². The zero-order chi connectivity index (χ0) is 20.5. The van der Waals surface area contributed by atoms with Crippen LogP contribution < -0.4 is 5.32 Å². The number of carboxylic acid groups (broad SMARTS) is 1. The molecule has 2 aliphatic rings. The predicted molar refractivity (Wildman–Crippen MR) is 94.2 cm³/mol. The van der Waals surface area contributed by atoms with Gasteiger partial charge >= 0.3 is 11.9 Å². The molecule has 0 spiro atoms. The van der Waals surface area contributed by atoms with Crippen LogP contribution in [0, 0.1) is 5.41 Å². The molecular formula is C18H23N3O7. The van der Waals surface area contributed by atoms with Gasteiger partial charge in [0.25, 0.3) is 0 Å². The van der Waals surface area contributed by atoms with E-state index in [1.165, 1.54) is 12.1 Å². The van der Waals surface area contributed by atoms with Crippen molar-refractivity contribution in [2.45, 2.75) is 31.1 Å². The molecule has 1 aromatic rings. The number of hydroxylamine groups is 1. The number of aliphatic hydroxyl groups excluding tert-OH is 2. The molecule has 1 amide bonds. The van der Waals surface area contributed by atoms with Crippen LogP contribution in [-0.2, 0) is 25.6 Å². The highest BCUT2D eigenvalue weighted by atomic mass is 16.8. The van der Waals surface area contributed by atoms with E-state index >= 15 is 0 Å². The Kier molecular flexibility index (Phi) is 5.66. The zero-order valence-corrected chi connectivity index (χ0v) is 15.3. The van der Waals surface area contributed by atoms with Crippen LogP contribution in [0.1, 0.15) is 12.0 Å². The van der Waals surface area contributed by atoms with Gasteiger partial charge in [0.2, 0.25) is 5.91 Å². The Morgan fingerprint density at radius 3 is 2.61 bits per heavy atom. The number of carbonyl (C=O) groups excluding carboxylic acids is 2. The molecule has 2 fully saturated rings. The van der Waals surface area contributed by atoms with Crippen LogP contribution in [-0.4, -0.2) is 81.7 Å². The second-order valence-electron chi connectivity index (χ2n) is 7.07. The molecule has 0 aliphatic carbocycles. The van der Waals surface area contributed by atoms with Gasteiger partial charge in [-0.05, 0) is 30.1 Å². The number of carbonyl (C=O) groups is 3. The van der Waals surface area contributed by atoms with Gasteiger partial charge < -0.3 is 25.5 Å². The molecule has 1 unspecified atom stereocenters. The van der Waals surface area contributed by atoms with Crippen molar-refractivity contribution in [1.82, 2.24) is 15.5 Å². The molecule has 152 valence electrons. The Morgan fingerprint density at radius 1 is 1.29 bits per heavy atom. The van der Waals surface area contributed by atoms with E-state index in [1.54, 1.807) is 0 Å². The Bertz CT molecular complexity index is 759. The molecule has 0 saturated carbocycles. The monoisotopic (exact) mass is 393 g/mol. The van der Waals surface area contributed by atoms with Gasteiger partial charge in [-0.3, -0.25) is 4.79 Å². The number of amides is 1. The lowest BCUT2D eigenvalue weighted by molar-refractivity contribution is -0.268. The first-order valence-electron chi connectivity index (χ1n) is 8.90. The summed E-state index contributed by atoms with van der Waals surface area (Å²) in [4.78, 5) is 41.2. The minimum Gasteiger partial charge on any atom is -0.479 e. The van der Waals surface area contributed by atoms with Crippen LogP contribution >= 0.6 is 0 Å². The molecule has 2 saturated heterocycles. The molecule has 2 aliphatic heterocycles. The van der Waals surface area contributed by atoms with Gasteiger partial charge in [0.15, 0.2) is 12.2 Å². The topological polar surface area (TPSA) is 140 Å². The van der Waals surface area contributed by atoms with Crippen molar-refractivity contribution in [3.05, 3.63) is 35.9 Å². The van der Waals surface area contributed by atoms with Gasteiger partial charge in [-0.15, -0.1) is 0 Å². The molecule has 10 nitrogen and oxygen atoms in total. The lowest BCUT2D eigenvalue weighted by atomic mass is 9.72. The maximum absolute atomic E-state index is 13.1. The number of nitrogens with zero attached hydrogens (tertiary/aromatic N) is 2. The number of fused-ring (bicyclic) bond motifs is 1. The Balaban J connectivity index is 1.84. The summed E-state index contributed by atoms with van der Waals surface area (Å²) in [7, 11) is 1.45. The first-order chi connectivity index (χ1) is 13.3. The summed E-state index contributed by atoms with van der Waals surface area (Å²) in [5.41, 5.74) is 0.0674. The van der Waals surface area contributed by atoms with Crippen molar-refractivity contribution in [3.63, 3.8) is 0 Å². The number of nitrogens with one attached hydrogen (secondary N) is 1. The minimum atomic E-state index is -2.32. The SMILES string of the molecule is CN1C(=O)[C@]2(Cc3ccccc3)CNCCC2N1OC(=O)[C@H](O)[C@@H](O)C(=O)O. The van der Waals surface area contributed by atoms with E-state index in [-0.39, 0.29) is 5.91 Å². The first-order valence-corrected chi connectivity index (χ1v) is 8.90. The summed E-state index contributed by atoms with van der Waals surface area (Å²) in [5, 5.41) is 33.3. The normalized spacial score (nSPS) is 27.2. The molecule has 1 aromatic carbocycles. The summed E-state index contributed by atoms with van der Waals surface area (Å²) >= 11 is 0. The van der Waals surface area contributed by atoms with Crippen LogP contribution in [0.15, 0.2) is 30.3 Å². The third-order valence-electron chi connectivity index (χ3n) is 5.29. The number of hydrogen-bond acceptors (Lipinski definition) is 8. The highest BCUT2D eigenvalue weighted by Crippen LogP contribution is 2.42. The molecule has 10 heteroatoms. The van der Waals surface area contributed by atoms with Gasteiger partial charge in [-0.1, -0.05) is 30.3 Å². The number of rotatable bonds is 6. The average Bonchev–Trinajstić information content (AvgIpc) is 2.89. The smallest absolute Gasteiger partial charge is 0.359 e. The van der Waals surface area contributed by atoms with Gasteiger partial charge in [0, 0.05) is 13.6 Å². The molecule has 4 atom stereocenters. The summed E-state index contributed by atoms with van der Waals surface area (Å²) in [6.45, 7) is 0.973. The summed E-state index contributed by atoms with van der Waals surface area (Å²) in [5.74, 6) is -3.35. The molecule has 28 heavy (non-hydrogen) atoms. The van der Waals surface area contributed by atoms with Gasteiger partial charge in [-0.2, -0.15) is 0 Å². The molecular weight excluding hydrogens is 370 g/mol. The van der Waals surface area contributed by atoms with Crippen LogP contribution in [0.4, 0.5) is 0 Å². The van der Waals surface area contributed by atoms with Crippen LogP contribution in [0.2, 0.25) is 0 Å². The van der Waals surface area contributed by atoms with Crippen molar-refractivity contribution in [1.29, 1.82) is 0 Å². The molecule has 0 aromatic heterocycles. The van der Waals surface area contributed by atoms with Crippen LogP contribution in [0.25, 0.3) is 0 Å². The van der Waals surface area contributed by atoms with Crippen molar-refractivity contribution in [2.24, 2.45) is 5.41 Å². The summed E-state index contributed by atoms with van der Waals surface area (Å²) < 4.78 is 0. The maximum atomic E-state index is 13.1. The van der Waals surface area contributed by atoms with E-state index in [0.29, 0.717) is 25.9 Å². The van der Waals surface area contributed by atoms with Crippen molar-refractivity contribution in [2.75, 3.05) is 20.1 Å². The number of aliphatic carboxylic acids is 1. The number of aliphatic hydroxyl groups is 2. The van der Waals surface area contributed by atoms with Crippen LogP contribution in [0.5, 0.6) is 0 Å². The third kappa shape index (κ3) is 3.47. The lowest BCUT2D eigenvalue weighted by Crippen LogP contribution is -2.55. The summed E-state index contributed by atoms with van der Waals surface area (Å²) in [6.07, 6.45) is -3.68. The summed E-state index contributed by atoms with van der Waals surface area (Å²) in [6, 6.07) is 8.96. The fourth-order valence-corrected chi connectivity index (χ4v) is 3.86. The van der Waals surface area contributed by atoms with E-state index in [9.17, 15) is 24.6 Å². The average molecular weight is 393 g/mol. The van der Waals surface area contributed by atoms with E-state index < -0.39 is 35.6 Å². The van der Waals surface area contributed by atoms with Crippen molar-refractivity contribution in [3.8, 4) is 0 Å². The number of piperidine rings is 1. The minimum absolute atomic E-state index is 0.255. The van der Waals surface area contributed by atoms with E-state index in [1.807, 2.05) is 30.3 Å². The number of hydrazine groups is 1. The van der Waals surface area contributed by atoms with E-state index in [0.717, 1.165) is 10.7 Å². The maximum Gasteiger partial charge on any atom is 0.359 e. The highest BCUT2D eigenvalue weighted by molar-refractivity contribution is 5.87. The standard InChI is InChI=1S/C18H23N3O7/c1-20-17(27)18(9-11-5-3-2-4-6-11)10-19-8-7-12(18)21(20)28-16(26)14(23)13(22)15(24)25/h2-6,12-14,19,22-23H,7-10H2,1H3,(H,24,25)/t12?,13-,14-,18-/m1/s1. The Morgan fingerprint density at radius 2 is 1.96 bits per heavy atom. The van der Waals surface area contributed by atoms with E-state index in [4.69, 9.17) is 9.94 Å². The third-order valence-corrected chi connectivity index (χ3v) is 5.29. The second kappa shape index (κ2) is 7.84. The fourth-order valence-electron chi connectivity index (χ4n) is 3.86. The van der Waals surface area contributed by atoms with Gasteiger partial charge in [-0.25, -0.2) is 14.6 Å². The second-order valence-corrected chi connectivity index (χ2v) is 7.07. The Labute approximate surface area is 161 Å². The number of benzene rings is 1. The van der Waals surface area contributed by atoms with Gasteiger partial charge in [0.05, 0.1) is 11.5 Å². The number of hydrogen-bond donors (Lipinski definition) is 4. The van der Waals surface area contributed by atoms with Crippen molar-refractivity contribution >= 4 is 17.8 Å². The molecule has 0 radical (unpaired) electrons. The highest BCUT2D eigenvalue weighted by Gasteiger charge is 2.60. The molecule has 2 heterocycles. The van der Waals surface area contributed by atoms with Crippen molar-refractivity contribution < 1.29 is 34.5 Å². The molecule has 4 N–H and O–H groups in total. The predicted octanol–water partition coefficient (Wildman–Crippen LogP) is -1.47. The zero-order valence-electron chi connectivity index (χ0n) is 15.3. The quantitative estimate of drug-likeness (QED) is 0.456. The largest absolute Gasteiger partial charge is 0.479 e. The lowest BCUT2D eigenvalue weighted by Gasteiger charge is -2.38. The fraction of sp³-hybridized carbons (Fsp3) is 0.500. The number of carboxylic acids is 1.